The van der Waals surface area contributed by atoms with Crippen LogP contribution in [0.3, 0.4) is 0 Å². The summed E-state index contributed by atoms with van der Waals surface area (Å²) < 4.78 is 2.45. The maximum absolute atomic E-state index is 9.41. The lowest BCUT2D eigenvalue weighted by molar-refractivity contribution is 0.467. The first-order valence-corrected chi connectivity index (χ1v) is 5.25. The van der Waals surface area contributed by atoms with Gasteiger partial charge in [0.15, 0.2) is 0 Å². The highest BCUT2D eigenvalue weighted by Gasteiger charge is 2.09. The second-order valence-electron chi connectivity index (χ2n) is 2.15. The Hall–Kier alpha value is 0.460. The molecule has 11 heavy (non-hydrogen) atoms. The van der Waals surface area contributed by atoms with Crippen LogP contribution in [0.5, 0.6) is 5.75 Å². The molecule has 1 N–H and O–H groups in total. The van der Waals surface area contributed by atoms with Crippen molar-refractivity contribution in [1.29, 1.82) is 0 Å². The Balaban J connectivity index is 3.46. The SMILES string of the molecule is Cc1cc(Br)c(Br)c(Br)c1O. The third-order valence-corrected chi connectivity index (χ3v) is 4.61. The van der Waals surface area contributed by atoms with Crippen molar-refractivity contribution >= 4 is 47.8 Å². The van der Waals surface area contributed by atoms with Crippen molar-refractivity contribution in [2.75, 3.05) is 0 Å². The zero-order chi connectivity index (χ0) is 8.59. The first-order valence-electron chi connectivity index (χ1n) is 2.87. The molecule has 0 unspecified atom stereocenters. The third kappa shape index (κ3) is 1.79. The fourth-order valence-corrected chi connectivity index (χ4v) is 2.34. The Morgan fingerprint density at radius 1 is 1.18 bits per heavy atom. The second-order valence-corrected chi connectivity index (χ2v) is 4.59. The Morgan fingerprint density at radius 2 is 1.73 bits per heavy atom. The van der Waals surface area contributed by atoms with Gasteiger partial charge in [0.25, 0.3) is 0 Å². The molecular weight excluding hydrogens is 340 g/mol. The van der Waals surface area contributed by atoms with Crippen molar-refractivity contribution in [3.8, 4) is 5.75 Å². The molecule has 60 valence electrons. The average Bonchev–Trinajstić information content (AvgIpc) is 1.97. The van der Waals surface area contributed by atoms with Crippen molar-refractivity contribution < 1.29 is 5.11 Å². The summed E-state index contributed by atoms with van der Waals surface area (Å²) in [6, 6.07) is 1.85. The number of halogens is 3. The van der Waals surface area contributed by atoms with Crippen molar-refractivity contribution in [2.24, 2.45) is 0 Å². The molecule has 0 saturated carbocycles. The van der Waals surface area contributed by atoms with Gasteiger partial charge in [0.1, 0.15) is 5.75 Å². The number of phenols is 1. The minimum atomic E-state index is 0.278. The van der Waals surface area contributed by atoms with E-state index in [1.54, 1.807) is 0 Å². The minimum Gasteiger partial charge on any atom is -0.506 e. The van der Waals surface area contributed by atoms with Crippen molar-refractivity contribution in [3.63, 3.8) is 0 Å². The van der Waals surface area contributed by atoms with Gasteiger partial charge >= 0.3 is 0 Å². The fourth-order valence-electron chi connectivity index (χ4n) is 0.704. The maximum atomic E-state index is 9.41. The molecule has 0 aliphatic carbocycles. The number of aryl methyl sites for hydroxylation is 1. The largest absolute Gasteiger partial charge is 0.506 e. The van der Waals surface area contributed by atoms with Gasteiger partial charge in [0.2, 0.25) is 0 Å². The normalized spacial score (nSPS) is 10.2. The molecule has 1 aromatic rings. The molecule has 0 fully saturated rings. The van der Waals surface area contributed by atoms with Gasteiger partial charge in [-0.3, -0.25) is 0 Å². The lowest BCUT2D eigenvalue weighted by atomic mass is 10.2. The standard InChI is InChI=1S/C7H5Br3O/c1-3-2-4(8)5(9)6(10)7(3)11/h2,11H,1H3. The number of hydrogen-bond donors (Lipinski definition) is 1. The molecule has 0 amide bonds. The first kappa shape index (κ1) is 9.55. The predicted molar refractivity (Wildman–Crippen MR) is 55.9 cm³/mol. The van der Waals surface area contributed by atoms with Crippen LogP contribution in [0.4, 0.5) is 0 Å². The van der Waals surface area contributed by atoms with Crippen molar-refractivity contribution in [3.05, 3.63) is 25.0 Å². The topological polar surface area (TPSA) is 20.2 Å². The Labute approximate surface area is 90.2 Å². The minimum absolute atomic E-state index is 0.278. The lowest BCUT2D eigenvalue weighted by Gasteiger charge is -2.05. The van der Waals surface area contributed by atoms with Gasteiger partial charge in [-0.2, -0.15) is 0 Å². The summed E-state index contributed by atoms with van der Waals surface area (Å²) in [5, 5.41) is 9.41. The summed E-state index contributed by atoms with van der Waals surface area (Å²) in [6.45, 7) is 1.84. The van der Waals surface area contributed by atoms with E-state index in [1.165, 1.54) is 0 Å². The molecule has 1 aromatic carbocycles. The van der Waals surface area contributed by atoms with E-state index >= 15 is 0 Å². The van der Waals surface area contributed by atoms with Gasteiger partial charge in [-0.05, 0) is 66.3 Å². The van der Waals surface area contributed by atoms with E-state index in [0.29, 0.717) is 4.47 Å². The van der Waals surface area contributed by atoms with E-state index in [-0.39, 0.29) is 5.75 Å². The van der Waals surface area contributed by atoms with Crippen LogP contribution in [0.1, 0.15) is 5.56 Å². The molecule has 0 saturated heterocycles. The van der Waals surface area contributed by atoms with Crippen molar-refractivity contribution in [2.45, 2.75) is 6.92 Å². The lowest BCUT2D eigenvalue weighted by Crippen LogP contribution is -1.79. The summed E-state index contributed by atoms with van der Waals surface area (Å²) >= 11 is 9.91. The number of hydrogen-bond acceptors (Lipinski definition) is 1. The highest BCUT2D eigenvalue weighted by atomic mass is 79.9. The quantitative estimate of drug-likeness (QED) is 0.706. The van der Waals surface area contributed by atoms with Crippen LogP contribution in [0.25, 0.3) is 0 Å². The zero-order valence-electron chi connectivity index (χ0n) is 5.66. The molecule has 0 aliphatic heterocycles. The van der Waals surface area contributed by atoms with E-state index in [2.05, 4.69) is 47.8 Å². The number of phenolic OH excluding ortho intramolecular Hbond substituents is 1. The first-order chi connectivity index (χ1) is 5.04. The van der Waals surface area contributed by atoms with Crippen LogP contribution < -0.4 is 0 Å². The molecule has 4 heteroatoms. The number of benzene rings is 1. The van der Waals surface area contributed by atoms with E-state index in [1.807, 2.05) is 13.0 Å². The molecule has 0 heterocycles. The van der Waals surface area contributed by atoms with Crippen LogP contribution >= 0.6 is 47.8 Å². The molecule has 0 spiro atoms. The molecule has 0 aliphatic rings. The summed E-state index contributed by atoms with van der Waals surface area (Å²) in [5.74, 6) is 0.278. The van der Waals surface area contributed by atoms with Gasteiger partial charge in [0.05, 0.1) is 4.47 Å². The molecule has 0 atom stereocenters. The Kier molecular flexibility index (Phi) is 3.00. The van der Waals surface area contributed by atoms with Crippen LogP contribution in [0.2, 0.25) is 0 Å². The maximum Gasteiger partial charge on any atom is 0.133 e. The Morgan fingerprint density at radius 3 is 2.27 bits per heavy atom. The number of rotatable bonds is 0. The van der Waals surface area contributed by atoms with Gasteiger partial charge in [-0.1, -0.05) is 0 Å². The fraction of sp³-hybridized carbons (Fsp3) is 0.143. The van der Waals surface area contributed by atoms with E-state index in [9.17, 15) is 5.11 Å². The molecular formula is C7H5Br3O. The molecule has 1 rings (SSSR count). The van der Waals surface area contributed by atoms with E-state index in [0.717, 1.165) is 14.5 Å². The van der Waals surface area contributed by atoms with E-state index < -0.39 is 0 Å². The summed E-state index contributed by atoms with van der Waals surface area (Å²) in [4.78, 5) is 0. The van der Waals surface area contributed by atoms with Gasteiger partial charge in [-0.15, -0.1) is 0 Å². The third-order valence-electron chi connectivity index (χ3n) is 1.33. The van der Waals surface area contributed by atoms with Crippen LogP contribution in [0, 0.1) is 6.92 Å². The average molecular weight is 345 g/mol. The monoisotopic (exact) mass is 342 g/mol. The number of aromatic hydroxyl groups is 1. The van der Waals surface area contributed by atoms with Crippen molar-refractivity contribution in [1.82, 2.24) is 0 Å². The van der Waals surface area contributed by atoms with Gasteiger partial charge in [0, 0.05) is 8.95 Å². The van der Waals surface area contributed by atoms with Gasteiger partial charge in [-0.25, -0.2) is 0 Å². The van der Waals surface area contributed by atoms with Crippen LogP contribution in [0.15, 0.2) is 19.5 Å². The van der Waals surface area contributed by atoms with Crippen LogP contribution in [-0.2, 0) is 0 Å². The summed E-state index contributed by atoms with van der Waals surface area (Å²) in [6.07, 6.45) is 0. The van der Waals surface area contributed by atoms with E-state index in [4.69, 9.17) is 0 Å². The van der Waals surface area contributed by atoms with Crippen LogP contribution in [-0.4, -0.2) is 5.11 Å². The molecule has 0 bridgehead atoms. The second kappa shape index (κ2) is 3.46. The zero-order valence-corrected chi connectivity index (χ0v) is 10.4. The van der Waals surface area contributed by atoms with Gasteiger partial charge < -0.3 is 5.11 Å². The predicted octanol–water partition coefficient (Wildman–Crippen LogP) is 3.99. The summed E-state index contributed by atoms with van der Waals surface area (Å²) in [5.41, 5.74) is 0.840. The Bertz CT molecular complexity index is 270. The molecule has 0 radical (unpaired) electrons. The smallest absolute Gasteiger partial charge is 0.133 e. The molecule has 0 aromatic heterocycles. The highest BCUT2D eigenvalue weighted by molar-refractivity contribution is 9.14. The summed E-state index contributed by atoms with van der Waals surface area (Å²) in [7, 11) is 0. The highest BCUT2D eigenvalue weighted by Crippen LogP contribution is 2.39. The molecule has 1 nitrogen and oxygen atoms in total.